The molecule has 1 aliphatic rings. The molecule has 0 saturated heterocycles. The Labute approximate surface area is 111 Å². The van der Waals surface area contributed by atoms with Crippen LogP contribution in [0.2, 0.25) is 0 Å². The van der Waals surface area contributed by atoms with Gasteiger partial charge in [0.25, 0.3) is 0 Å². The number of hydrogen-bond donors (Lipinski definition) is 1. The molecule has 94 valence electrons. The van der Waals surface area contributed by atoms with E-state index in [1.165, 1.54) is 25.3 Å². The Bertz CT molecular complexity index is 360. The van der Waals surface area contributed by atoms with Crippen molar-refractivity contribution in [1.29, 1.82) is 0 Å². The fourth-order valence-electron chi connectivity index (χ4n) is 2.64. The molecule has 0 radical (unpaired) electrons. The van der Waals surface area contributed by atoms with Crippen LogP contribution in [-0.4, -0.2) is 6.54 Å². The maximum absolute atomic E-state index is 13.2. The summed E-state index contributed by atoms with van der Waals surface area (Å²) >= 11 is 3.31. The second kappa shape index (κ2) is 5.96. The van der Waals surface area contributed by atoms with Crippen LogP contribution in [-0.2, 0) is 6.54 Å². The van der Waals surface area contributed by atoms with E-state index in [-0.39, 0.29) is 5.82 Å². The SMILES string of the molecule is CC1CCCC1CNCc1cc(F)cc(Br)c1. The van der Waals surface area contributed by atoms with Gasteiger partial charge >= 0.3 is 0 Å². The van der Waals surface area contributed by atoms with Crippen molar-refractivity contribution >= 4 is 15.9 Å². The molecule has 1 fully saturated rings. The van der Waals surface area contributed by atoms with Crippen LogP contribution in [0.4, 0.5) is 4.39 Å². The van der Waals surface area contributed by atoms with Crippen molar-refractivity contribution in [3.8, 4) is 0 Å². The lowest BCUT2D eigenvalue weighted by Gasteiger charge is -2.16. The van der Waals surface area contributed by atoms with Gasteiger partial charge in [-0.05, 0) is 48.6 Å². The minimum atomic E-state index is -0.176. The molecule has 2 unspecified atom stereocenters. The summed E-state index contributed by atoms with van der Waals surface area (Å²) in [7, 11) is 0. The molecular formula is C14H19BrFN. The number of nitrogens with one attached hydrogen (secondary N) is 1. The Kier molecular flexibility index (Phi) is 4.57. The van der Waals surface area contributed by atoms with Gasteiger partial charge in [-0.25, -0.2) is 4.39 Å². The third-order valence-corrected chi connectivity index (χ3v) is 4.15. The summed E-state index contributed by atoms with van der Waals surface area (Å²) in [6.45, 7) is 4.13. The normalized spacial score (nSPS) is 24.2. The first-order valence-corrected chi connectivity index (χ1v) is 7.10. The van der Waals surface area contributed by atoms with Gasteiger partial charge in [0.15, 0.2) is 0 Å². The smallest absolute Gasteiger partial charge is 0.124 e. The Hall–Kier alpha value is -0.410. The van der Waals surface area contributed by atoms with Crippen LogP contribution in [0, 0.1) is 17.7 Å². The van der Waals surface area contributed by atoms with E-state index < -0.39 is 0 Å². The van der Waals surface area contributed by atoms with Crippen LogP contribution in [0.15, 0.2) is 22.7 Å². The van der Waals surface area contributed by atoms with Gasteiger partial charge in [0.2, 0.25) is 0 Å². The predicted molar refractivity (Wildman–Crippen MR) is 72.3 cm³/mol. The topological polar surface area (TPSA) is 12.0 Å². The predicted octanol–water partition coefficient (Wildman–Crippen LogP) is 4.11. The minimum Gasteiger partial charge on any atom is -0.312 e. The van der Waals surface area contributed by atoms with Gasteiger partial charge in [-0.15, -0.1) is 0 Å². The van der Waals surface area contributed by atoms with Crippen LogP contribution in [0.25, 0.3) is 0 Å². The highest BCUT2D eigenvalue weighted by Crippen LogP contribution is 2.30. The Morgan fingerprint density at radius 3 is 2.82 bits per heavy atom. The number of hydrogen-bond acceptors (Lipinski definition) is 1. The van der Waals surface area contributed by atoms with E-state index in [1.54, 1.807) is 6.07 Å². The Balaban J connectivity index is 1.81. The summed E-state index contributed by atoms with van der Waals surface area (Å²) in [6, 6.07) is 5.05. The molecule has 1 aromatic rings. The quantitative estimate of drug-likeness (QED) is 0.882. The van der Waals surface area contributed by atoms with Crippen LogP contribution in [0.1, 0.15) is 31.7 Å². The molecule has 1 nitrogen and oxygen atoms in total. The fraction of sp³-hybridized carbons (Fsp3) is 0.571. The Morgan fingerprint density at radius 2 is 2.18 bits per heavy atom. The average Bonchev–Trinajstić information content (AvgIpc) is 2.63. The number of rotatable bonds is 4. The molecule has 1 N–H and O–H groups in total. The zero-order valence-electron chi connectivity index (χ0n) is 10.2. The molecule has 0 bridgehead atoms. The lowest BCUT2D eigenvalue weighted by atomic mass is 9.98. The lowest BCUT2D eigenvalue weighted by molar-refractivity contribution is 0.392. The van der Waals surface area contributed by atoms with E-state index in [1.807, 2.05) is 6.07 Å². The first-order chi connectivity index (χ1) is 8.15. The molecular weight excluding hydrogens is 281 g/mol. The van der Waals surface area contributed by atoms with Gasteiger partial charge in [-0.3, -0.25) is 0 Å². The van der Waals surface area contributed by atoms with E-state index in [9.17, 15) is 4.39 Å². The molecule has 17 heavy (non-hydrogen) atoms. The van der Waals surface area contributed by atoms with Crippen molar-refractivity contribution in [2.45, 2.75) is 32.7 Å². The van der Waals surface area contributed by atoms with Crippen LogP contribution in [0.3, 0.4) is 0 Å². The third kappa shape index (κ3) is 3.78. The second-order valence-corrected chi connectivity index (χ2v) is 5.99. The summed E-state index contributed by atoms with van der Waals surface area (Å²) in [5, 5.41) is 3.44. The van der Waals surface area contributed by atoms with Gasteiger partial charge in [-0.2, -0.15) is 0 Å². The van der Waals surface area contributed by atoms with E-state index in [4.69, 9.17) is 0 Å². The van der Waals surface area contributed by atoms with Crippen molar-refractivity contribution in [2.75, 3.05) is 6.54 Å². The maximum atomic E-state index is 13.2. The van der Waals surface area contributed by atoms with Gasteiger partial charge < -0.3 is 5.32 Å². The van der Waals surface area contributed by atoms with Crippen molar-refractivity contribution in [3.05, 3.63) is 34.1 Å². The molecule has 0 heterocycles. The van der Waals surface area contributed by atoms with Gasteiger partial charge in [-0.1, -0.05) is 35.7 Å². The maximum Gasteiger partial charge on any atom is 0.124 e. The van der Waals surface area contributed by atoms with E-state index in [0.717, 1.165) is 35.0 Å². The van der Waals surface area contributed by atoms with Gasteiger partial charge in [0.1, 0.15) is 5.82 Å². The van der Waals surface area contributed by atoms with E-state index in [0.29, 0.717) is 0 Å². The monoisotopic (exact) mass is 299 g/mol. The molecule has 1 aliphatic carbocycles. The zero-order chi connectivity index (χ0) is 12.3. The van der Waals surface area contributed by atoms with Crippen molar-refractivity contribution in [3.63, 3.8) is 0 Å². The number of halogens is 2. The molecule has 0 aliphatic heterocycles. The van der Waals surface area contributed by atoms with Crippen molar-refractivity contribution in [2.24, 2.45) is 11.8 Å². The van der Waals surface area contributed by atoms with Gasteiger partial charge in [0.05, 0.1) is 0 Å². The molecule has 2 rings (SSSR count). The molecule has 0 amide bonds. The lowest BCUT2D eigenvalue weighted by Crippen LogP contribution is -2.24. The summed E-state index contributed by atoms with van der Waals surface area (Å²) in [5.74, 6) is 1.46. The van der Waals surface area contributed by atoms with E-state index in [2.05, 4.69) is 28.2 Å². The van der Waals surface area contributed by atoms with Crippen LogP contribution < -0.4 is 5.32 Å². The van der Waals surface area contributed by atoms with Crippen molar-refractivity contribution in [1.82, 2.24) is 5.32 Å². The first-order valence-electron chi connectivity index (χ1n) is 6.31. The highest BCUT2D eigenvalue weighted by Gasteiger charge is 2.22. The zero-order valence-corrected chi connectivity index (χ0v) is 11.8. The largest absolute Gasteiger partial charge is 0.312 e. The fourth-order valence-corrected chi connectivity index (χ4v) is 3.15. The molecule has 2 atom stereocenters. The molecule has 0 spiro atoms. The summed E-state index contributed by atoms with van der Waals surface area (Å²) in [4.78, 5) is 0. The number of benzene rings is 1. The average molecular weight is 300 g/mol. The summed E-state index contributed by atoms with van der Waals surface area (Å²) in [5.41, 5.74) is 1.00. The van der Waals surface area contributed by atoms with Crippen molar-refractivity contribution < 1.29 is 4.39 Å². The highest BCUT2D eigenvalue weighted by molar-refractivity contribution is 9.10. The second-order valence-electron chi connectivity index (χ2n) is 5.08. The molecule has 0 aromatic heterocycles. The summed E-state index contributed by atoms with van der Waals surface area (Å²) in [6.07, 6.45) is 4.05. The molecule has 1 saturated carbocycles. The van der Waals surface area contributed by atoms with Gasteiger partial charge in [0, 0.05) is 11.0 Å². The van der Waals surface area contributed by atoms with Crippen LogP contribution >= 0.6 is 15.9 Å². The summed E-state index contributed by atoms with van der Waals surface area (Å²) < 4.78 is 14.0. The molecule has 1 aromatic carbocycles. The minimum absolute atomic E-state index is 0.176. The standard InChI is InChI=1S/C14H19BrFN/c1-10-3-2-4-12(10)9-17-8-11-5-13(15)7-14(16)6-11/h5-7,10,12,17H,2-4,8-9H2,1H3. The highest BCUT2D eigenvalue weighted by atomic mass is 79.9. The molecule has 3 heteroatoms. The first kappa shape index (κ1) is 13.0. The third-order valence-electron chi connectivity index (χ3n) is 3.70. The van der Waals surface area contributed by atoms with E-state index >= 15 is 0 Å². The Morgan fingerprint density at radius 1 is 1.35 bits per heavy atom. The van der Waals surface area contributed by atoms with Crippen LogP contribution in [0.5, 0.6) is 0 Å².